The summed E-state index contributed by atoms with van der Waals surface area (Å²) in [7, 11) is 9.04. The lowest BCUT2D eigenvalue weighted by atomic mass is 9.81. The normalized spacial score (nSPS) is 16.4. The number of piperidine rings is 4. The minimum Gasteiger partial charge on any atom is -0.497 e. The van der Waals surface area contributed by atoms with E-state index in [1.165, 1.54) is 0 Å². The smallest absolute Gasteiger partial charge is 0.257 e. The molecular weight excluding hydrogens is 1580 g/mol. The molecule has 13 aromatic rings. The highest BCUT2D eigenvalue weighted by Crippen LogP contribution is 2.54. The van der Waals surface area contributed by atoms with Gasteiger partial charge in [0.1, 0.15) is 68.5 Å². The molecule has 644 valence electrons. The average Bonchev–Trinajstić information content (AvgIpc) is 1.62. The van der Waals surface area contributed by atoms with E-state index in [1.54, 1.807) is 50.6 Å². The molecule has 5 amide bonds. The van der Waals surface area contributed by atoms with Crippen molar-refractivity contribution in [2.24, 2.45) is 26.9 Å². The number of nitrogens with zero attached hydrogens (tertiary/aromatic N) is 11. The molecule has 0 unspecified atom stereocenters. The maximum absolute atomic E-state index is 13.3. The van der Waals surface area contributed by atoms with E-state index in [1.807, 2.05) is 222 Å². The van der Waals surface area contributed by atoms with E-state index in [-0.39, 0.29) is 38.1 Å². The van der Waals surface area contributed by atoms with Crippen molar-refractivity contribution in [3.63, 3.8) is 0 Å². The molecule has 0 aliphatic carbocycles. The zero-order valence-electron chi connectivity index (χ0n) is 71.5. The number of nitrogens with one attached hydrogen (secondary N) is 1. The number of hydrogen-bond donors (Lipinski definition) is 2. The Morgan fingerprint density at radius 1 is 0.488 bits per heavy atom. The zero-order valence-corrected chi connectivity index (χ0v) is 71.5. The number of aromatic amines is 1. The first-order valence-electron chi connectivity index (χ1n) is 42.9. The van der Waals surface area contributed by atoms with E-state index in [9.17, 15) is 24.0 Å². The molecule has 13 heterocycles. The van der Waals surface area contributed by atoms with Crippen LogP contribution < -0.4 is 43.6 Å². The van der Waals surface area contributed by atoms with Crippen LogP contribution in [0.1, 0.15) is 156 Å². The number of carbonyl (C=O) groups is 5. The summed E-state index contributed by atoms with van der Waals surface area (Å²) in [4.78, 5) is 75.5. The second-order valence-electron chi connectivity index (χ2n) is 33.3. The number of methoxy groups -OCH3 is 2. The van der Waals surface area contributed by atoms with Crippen LogP contribution in [-0.4, -0.2) is 167 Å². The summed E-state index contributed by atoms with van der Waals surface area (Å²) < 4.78 is 56.2. The molecule has 8 aliphatic rings. The van der Waals surface area contributed by atoms with Crippen LogP contribution in [-0.2, 0) is 43.5 Å². The Balaban J connectivity index is 0.000000124. The number of nitrogens with two attached hydrogens (primary N) is 1. The number of aryl methyl sites for hydroxylation is 3. The monoisotopic (exact) mass is 1680 g/mol. The van der Waals surface area contributed by atoms with Crippen molar-refractivity contribution in [1.82, 2.24) is 58.5 Å². The summed E-state index contributed by atoms with van der Waals surface area (Å²) in [6.45, 7) is 11.3. The van der Waals surface area contributed by atoms with Crippen LogP contribution in [0, 0.1) is 0 Å². The Bertz CT molecular complexity index is 6250. The van der Waals surface area contributed by atoms with Gasteiger partial charge in [-0.25, -0.2) is 0 Å². The highest BCUT2D eigenvalue weighted by atomic mass is 16.5. The van der Waals surface area contributed by atoms with Gasteiger partial charge < -0.3 is 72.8 Å². The second kappa shape index (κ2) is 33.7. The predicted molar refractivity (Wildman–Crippen MR) is 476 cm³/mol. The molecule has 8 aliphatic heterocycles. The fourth-order valence-electron chi connectivity index (χ4n) is 19.1. The molecule has 5 aromatic heterocycles. The van der Waals surface area contributed by atoms with Gasteiger partial charge >= 0.3 is 0 Å². The Morgan fingerprint density at radius 2 is 0.992 bits per heavy atom. The van der Waals surface area contributed by atoms with Gasteiger partial charge in [-0.15, -0.1) is 0 Å². The van der Waals surface area contributed by atoms with E-state index < -0.39 is 28.3 Å². The summed E-state index contributed by atoms with van der Waals surface area (Å²) in [6.07, 6.45) is 16.5. The molecule has 8 aromatic carbocycles. The number of primary amides is 1. The third kappa shape index (κ3) is 15.2. The van der Waals surface area contributed by atoms with E-state index in [0.29, 0.717) is 119 Å². The lowest BCUT2D eigenvalue weighted by Crippen LogP contribution is -2.50. The third-order valence-electron chi connectivity index (χ3n) is 25.5. The summed E-state index contributed by atoms with van der Waals surface area (Å²) in [5.74, 6) is 5.21. The molecule has 21 rings (SSSR count). The molecule has 0 radical (unpaired) electrons. The number of para-hydroxylation sites is 5. The van der Waals surface area contributed by atoms with Crippen molar-refractivity contribution in [2.75, 3.05) is 73.2 Å². The van der Waals surface area contributed by atoms with Crippen LogP contribution in [0.4, 0.5) is 0 Å². The molecule has 26 nitrogen and oxygen atoms in total. The topological polar surface area (TPSA) is 272 Å². The van der Waals surface area contributed by atoms with Crippen LogP contribution in [0.3, 0.4) is 0 Å². The van der Waals surface area contributed by atoms with Crippen molar-refractivity contribution in [2.45, 2.75) is 107 Å². The van der Waals surface area contributed by atoms with E-state index >= 15 is 0 Å². The first-order chi connectivity index (χ1) is 60.7. The van der Waals surface area contributed by atoms with Crippen LogP contribution in [0.2, 0.25) is 0 Å². The van der Waals surface area contributed by atoms with Gasteiger partial charge in [0.25, 0.3) is 29.5 Å². The number of rotatable bonds is 12. The van der Waals surface area contributed by atoms with Crippen molar-refractivity contribution in [1.29, 1.82) is 0 Å². The number of fused-ring (bicyclic) bond motifs is 17. The maximum Gasteiger partial charge on any atom is 0.257 e. The summed E-state index contributed by atoms with van der Waals surface area (Å²) in [6, 6.07) is 61.8. The number of amides is 5. The molecule has 4 spiro atoms. The van der Waals surface area contributed by atoms with Crippen LogP contribution in [0.5, 0.6) is 46.0 Å². The SMILES string of the molecule is CC(C)Oc1ccc(C(=O)N2CCC3(CC2)Oc2ccccc2-c2nn(C)cc23)cc1.CCCOc1ccc(C(=O)N2CCC3(CC2)Oc2ccccc2-n2cccc23)cc1C(N)=O.COc1ccc(C(=O)N2CCC3(CC2)Oc2ccccc2-c2c3cnn2C)c(OC)c1.Cn1ncc2c1-c1ccccc1OC21CCN(C(=O)c2cccc3[nH]ccc23)CC1.[HH].[HH]. The first-order valence-corrected chi connectivity index (χ1v) is 42.9. The van der Waals surface area contributed by atoms with Gasteiger partial charge in [0.05, 0.1) is 73.2 Å². The summed E-state index contributed by atoms with van der Waals surface area (Å²) >= 11 is 0. The standard InChI is InChI=1S/C26H27N3O4.C25H27N3O3.C24H22N4O2.C24H25N3O4.2H2/c1-2-16-32-21-10-9-18(17-19(21)24(27)30)25(31)28-14-11-26(12-15-28)23-8-5-13-29(23)20-6-3-4-7-22(20)33-26;1-17(2)30-19-10-8-18(9-11-19)24(29)28-14-12-25(13-15-28)21-16-27(3)26-23(21)20-6-4-5-7-22(20)31-25;1-27-22-18-5-2-3-8-21(18)30-24(19(22)15-26-27)10-13-28(14-11-24)23(29)17-6-4-7-20-16(17)9-12-25-20;1-26-22-17-6-4-5-7-20(17)31-24(19(22)15-25-26)10-12-27(13-11-24)23(28)18-9-8-16(29-2)14-21(18)30-3;;/h3-10,13,17H,2,11-12,14-16H2,1H3,(H2,27,30);4-11,16-17H,12-15H2,1-3H3;2-9,12,15,25H,10-11,13-14H2,1H3;4-9,14-15H,10-13H2,1-3H3;2*1H. The molecule has 4 saturated heterocycles. The molecule has 4 fully saturated rings. The number of carbonyl (C=O) groups excluding carboxylic acids is 5. The minimum atomic E-state index is -0.608. The van der Waals surface area contributed by atoms with Gasteiger partial charge in [0.15, 0.2) is 5.60 Å². The number of benzene rings is 8. The molecule has 0 bridgehead atoms. The zero-order chi connectivity index (χ0) is 86.5. The van der Waals surface area contributed by atoms with Gasteiger partial charge in [-0.3, -0.25) is 38.0 Å². The largest absolute Gasteiger partial charge is 0.497 e. The van der Waals surface area contributed by atoms with Crippen molar-refractivity contribution in [3.05, 3.63) is 275 Å². The highest BCUT2D eigenvalue weighted by Gasteiger charge is 2.51. The second-order valence-corrected chi connectivity index (χ2v) is 33.3. The van der Waals surface area contributed by atoms with Gasteiger partial charge in [-0.05, 0) is 154 Å². The Labute approximate surface area is 727 Å². The summed E-state index contributed by atoms with van der Waals surface area (Å²) in [5, 5.41) is 14.7. The average molecular weight is 1690 g/mol. The van der Waals surface area contributed by atoms with Crippen LogP contribution >= 0.6 is 0 Å². The fraction of sp³-hybridized carbons (Fsp3) is 0.313. The number of ether oxygens (including phenoxy) is 8. The first kappa shape index (κ1) is 81.9. The molecular formula is C99H105N13O13. The van der Waals surface area contributed by atoms with Crippen molar-refractivity contribution in [3.8, 4) is 85.5 Å². The molecule has 0 saturated carbocycles. The lowest BCUT2D eigenvalue weighted by molar-refractivity contribution is -0.00940. The minimum absolute atomic E-state index is 0. The third-order valence-corrected chi connectivity index (χ3v) is 25.5. The van der Waals surface area contributed by atoms with Gasteiger partial charge in [-0.1, -0.05) is 61.5 Å². The molecule has 3 N–H and O–H groups in total. The van der Waals surface area contributed by atoms with Crippen LogP contribution in [0.15, 0.2) is 225 Å². The summed E-state index contributed by atoms with van der Waals surface area (Å²) in [5.41, 5.74) is 19.2. The molecule has 0 atom stereocenters. The number of likely N-dealkylation sites (tertiary alicyclic amines) is 4. The number of aromatic nitrogens is 8. The fourth-order valence-corrected chi connectivity index (χ4v) is 19.1. The van der Waals surface area contributed by atoms with Crippen molar-refractivity contribution < 1.29 is 64.7 Å². The predicted octanol–water partition coefficient (Wildman–Crippen LogP) is 16.5. The van der Waals surface area contributed by atoms with E-state index in [4.69, 9.17) is 48.7 Å². The Morgan fingerprint density at radius 3 is 1.56 bits per heavy atom. The lowest BCUT2D eigenvalue weighted by Gasteiger charge is -2.45. The van der Waals surface area contributed by atoms with E-state index in [2.05, 4.69) is 62.5 Å². The van der Waals surface area contributed by atoms with Gasteiger partial charge in [0, 0.05) is 213 Å². The number of H-pyrrole nitrogens is 1. The van der Waals surface area contributed by atoms with Gasteiger partial charge in [-0.2, -0.15) is 15.3 Å². The maximum atomic E-state index is 13.3. The molecule has 125 heavy (non-hydrogen) atoms. The van der Waals surface area contributed by atoms with Gasteiger partial charge in [0.2, 0.25) is 0 Å². The highest BCUT2D eigenvalue weighted by molar-refractivity contribution is 6.06. The number of hydrogen-bond acceptors (Lipinski definition) is 16. The van der Waals surface area contributed by atoms with Crippen molar-refractivity contribution >= 4 is 40.4 Å². The Hall–Kier alpha value is -14.0. The van der Waals surface area contributed by atoms with E-state index in [0.717, 1.165) is 139 Å². The Kier molecular flexibility index (Phi) is 22.1. The quantitative estimate of drug-likeness (QED) is 0.115. The van der Waals surface area contributed by atoms with Crippen LogP contribution in [0.25, 0.3) is 50.4 Å². The molecule has 26 heteroatoms.